The minimum atomic E-state index is -0.506. The molecule has 50 heavy (non-hydrogen) atoms. The lowest BCUT2D eigenvalue weighted by molar-refractivity contribution is -0.164. The Hall–Kier alpha value is -2.32. The first-order valence-corrected chi connectivity index (χ1v) is 19.5. The van der Waals surface area contributed by atoms with Crippen LogP contribution in [0.3, 0.4) is 0 Å². The lowest BCUT2D eigenvalue weighted by atomic mass is 9.83. The van der Waals surface area contributed by atoms with Crippen LogP contribution in [0.4, 0.5) is 0 Å². The highest BCUT2D eigenvalue weighted by atomic mass is 79.9. The second-order valence-electron chi connectivity index (χ2n) is 16.6. The molecule has 0 aliphatic carbocycles. The quantitative estimate of drug-likeness (QED) is 0.157. The molecule has 0 radical (unpaired) electrons. The number of halogens is 2. The third kappa shape index (κ3) is 19.9. The second-order valence-corrected chi connectivity index (χ2v) is 18.4. The van der Waals surface area contributed by atoms with Crippen LogP contribution in [0.25, 0.3) is 0 Å². The van der Waals surface area contributed by atoms with Crippen LogP contribution in [-0.4, -0.2) is 34.7 Å². The van der Waals surface area contributed by atoms with Crippen molar-refractivity contribution < 1.29 is 28.7 Å². The summed E-state index contributed by atoms with van der Waals surface area (Å²) in [6.07, 6.45) is 3.07. The van der Waals surface area contributed by atoms with Crippen molar-refractivity contribution in [2.24, 2.45) is 35.5 Å². The van der Waals surface area contributed by atoms with Crippen molar-refractivity contribution in [3.8, 4) is 0 Å². The van der Waals surface area contributed by atoms with Gasteiger partial charge in [-0.2, -0.15) is 0 Å². The Morgan fingerprint density at radius 2 is 0.820 bits per heavy atom. The van der Waals surface area contributed by atoms with Crippen LogP contribution < -0.4 is 0 Å². The van der Waals surface area contributed by atoms with E-state index in [1.807, 2.05) is 104 Å². The number of Topliss-reactive ketones (excluding diaryl/α,β-unsaturated/α-hetero) is 2. The minimum absolute atomic E-state index is 0.0276. The molecular weight excluding hydrogens is 760 g/mol. The van der Waals surface area contributed by atoms with Crippen molar-refractivity contribution in [3.63, 3.8) is 0 Å². The predicted octanol–water partition coefficient (Wildman–Crippen LogP) is 11.2. The average molecular weight is 823 g/mol. The molecule has 0 N–H and O–H groups in total. The van der Waals surface area contributed by atoms with Gasteiger partial charge in [-0.05, 0) is 113 Å². The van der Waals surface area contributed by atoms with Crippen LogP contribution in [-0.2, 0) is 41.5 Å². The Balaban J connectivity index is 0.000000500. The standard InChI is InChI=1S/2C21H31BrO3/c2*1-14(2)11-19(20(24)25-21(4,5)6)15(3)12-18(23)13-16-7-9-17(22)10-8-16/h2*7-10,14-15,19H,11-13H2,1-6H3/t2*15-,19-/m10/s1. The first-order valence-electron chi connectivity index (χ1n) is 17.9. The first kappa shape index (κ1) is 45.7. The summed E-state index contributed by atoms with van der Waals surface area (Å²) in [5.74, 6) is 0.152. The van der Waals surface area contributed by atoms with Crippen LogP contribution in [0.15, 0.2) is 57.5 Å². The lowest BCUT2D eigenvalue weighted by Gasteiger charge is -2.28. The van der Waals surface area contributed by atoms with Crippen molar-refractivity contribution in [2.75, 3.05) is 0 Å². The fraction of sp³-hybridized carbons (Fsp3) is 0.619. The van der Waals surface area contributed by atoms with Crippen molar-refractivity contribution in [3.05, 3.63) is 68.6 Å². The Labute approximate surface area is 319 Å². The van der Waals surface area contributed by atoms with Gasteiger partial charge in [-0.1, -0.05) is 97.7 Å². The molecule has 0 fully saturated rings. The predicted molar refractivity (Wildman–Crippen MR) is 211 cm³/mol. The maximum absolute atomic E-state index is 12.6. The van der Waals surface area contributed by atoms with E-state index < -0.39 is 11.2 Å². The summed E-state index contributed by atoms with van der Waals surface area (Å²) in [5, 5.41) is 0. The maximum Gasteiger partial charge on any atom is 0.309 e. The summed E-state index contributed by atoms with van der Waals surface area (Å²) in [6, 6.07) is 15.6. The number of esters is 2. The summed E-state index contributed by atoms with van der Waals surface area (Å²) in [5.41, 5.74) is 0.983. The Morgan fingerprint density at radius 3 is 1.06 bits per heavy atom. The number of ketones is 2. The number of benzene rings is 2. The smallest absolute Gasteiger partial charge is 0.309 e. The van der Waals surface area contributed by atoms with Crippen LogP contribution in [0.5, 0.6) is 0 Å². The largest absolute Gasteiger partial charge is 0.460 e. The van der Waals surface area contributed by atoms with E-state index in [2.05, 4.69) is 59.6 Å². The van der Waals surface area contributed by atoms with E-state index in [1.165, 1.54) is 0 Å². The minimum Gasteiger partial charge on any atom is -0.460 e. The molecule has 0 saturated carbocycles. The van der Waals surface area contributed by atoms with Gasteiger partial charge in [0, 0.05) is 34.6 Å². The van der Waals surface area contributed by atoms with Gasteiger partial charge in [0.05, 0.1) is 11.8 Å². The first-order chi connectivity index (χ1) is 23.0. The molecule has 0 bridgehead atoms. The highest BCUT2D eigenvalue weighted by Crippen LogP contribution is 2.29. The highest BCUT2D eigenvalue weighted by molar-refractivity contribution is 9.10. The molecule has 0 spiro atoms. The molecule has 6 nitrogen and oxygen atoms in total. The average Bonchev–Trinajstić information content (AvgIpc) is 2.95. The van der Waals surface area contributed by atoms with Gasteiger partial charge in [0.2, 0.25) is 0 Å². The number of ether oxygens (including phenoxy) is 2. The molecule has 0 aliphatic heterocycles. The van der Waals surface area contributed by atoms with E-state index >= 15 is 0 Å². The number of carbonyl (C=O) groups is 4. The maximum atomic E-state index is 12.6. The Morgan fingerprint density at radius 1 is 0.540 bits per heavy atom. The van der Waals surface area contributed by atoms with Gasteiger partial charge in [0.1, 0.15) is 22.8 Å². The van der Waals surface area contributed by atoms with Gasteiger partial charge in [0.25, 0.3) is 0 Å². The summed E-state index contributed by atoms with van der Waals surface area (Å²) in [7, 11) is 0. The second kappa shape index (κ2) is 21.3. The topological polar surface area (TPSA) is 86.7 Å². The molecular formula is C42H62Br2O6. The van der Waals surface area contributed by atoms with E-state index in [-0.39, 0.29) is 47.2 Å². The van der Waals surface area contributed by atoms with Crippen molar-refractivity contribution in [2.45, 2.75) is 133 Å². The monoisotopic (exact) mass is 820 g/mol. The fourth-order valence-electron chi connectivity index (χ4n) is 5.70. The van der Waals surface area contributed by atoms with E-state index in [0.717, 1.165) is 32.9 Å². The zero-order valence-electron chi connectivity index (χ0n) is 32.5. The molecule has 0 amide bonds. The summed E-state index contributed by atoms with van der Waals surface area (Å²) in [4.78, 5) is 50.0. The highest BCUT2D eigenvalue weighted by Gasteiger charge is 2.32. The van der Waals surface area contributed by atoms with Crippen molar-refractivity contribution in [1.29, 1.82) is 0 Å². The molecule has 8 heteroatoms. The molecule has 2 aromatic carbocycles. The molecule has 280 valence electrons. The summed E-state index contributed by atoms with van der Waals surface area (Å²) < 4.78 is 13.2. The van der Waals surface area contributed by atoms with Gasteiger partial charge >= 0.3 is 11.9 Å². The van der Waals surface area contributed by atoms with E-state index in [4.69, 9.17) is 9.47 Å². The van der Waals surface area contributed by atoms with Crippen LogP contribution >= 0.6 is 31.9 Å². The van der Waals surface area contributed by atoms with Crippen molar-refractivity contribution in [1.82, 2.24) is 0 Å². The molecule has 0 aromatic heterocycles. The lowest BCUT2D eigenvalue weighted by Crippen LogP contribution is -2.33. The normalized spacial score (nSPS) is 14.2. The molecule has 0 heterocycles. The number of hydrogen-bond donors (Lipinski definition) is 0. The van der Waals surface area contributed by atoms with E-state index in [9.17, 15) is 19.2 Å². The van der Waals surface area contributed by atoms with Gasteiger partial charge in [-0.25, -0.2) is 0 Å². The molecule has 2 rings (SSSR count). The van der Waals surface area contributed by atoms with Gasteiger partial charge in [-0.3, -0.25) is 19.2 Å². The van der Waals surface area contributed by atoms with Crippen LogP contribution in [0.1, 0.15) is 120 Å². The molecule has 2 aromatic rings. The molecule has 0 unspecified atom stereocenters. The van der Waals surface area contributed by atoms with Gasteiger partial charge in [0.15, 0.2) is 0 Å². The third-order valence-corrected chi connectivity index (χ3v) is 9.03. The van der Waals surface area contributed by atoms with Crippen molar-refractivity contribution >= 4 is 55.4 Å². The number of rotatable bonds is 16. The number of hydrogen-bond acceptors (Lipinski definition) is 6. The fourth-order valence-corrected chi connectivity index (χ4v) is 6.23. The summed E-state index contributed by atoms with van der Waals surface area (Å²) >= 11 is 6.79. The SMILES string of the molecule is CC(C)C[C@@H](C(=O)OC(C)(C)C)[C@H](C)CC(=O)Cc1ccc(Br)cc1.CC(C)C[C@H](C(=O)OC(C)(C)C)[C@@H](C)CC(=O)Cc1ccc(Br)cc1. The van der Waals surface area contributed by atoms with Gasteiger partial charge < -0.3 is 9.47 Å². The number of carbonyl (C=O) groups excluding carboxylic acids is 4. The molecule has 0 aliphatic rings. The molecule has 0 saturated heterocycles. The summed E-state index contributed by atoms with van der Waals surface area (Å²) in [6.45, 7) is 23.6. The van der Waals surface area contributed by atoms with E-state index in [0.29, 0.717) is 37.5 Å². The van der Waals surface area contributed by atoms with Crippen LogP contribution in [0, 0.1) is 35.5 Å². The zero-order valence-corrected chi connectivity index (χ0v) is 35.7. The Bertz CT molecular complexity index is 1250. The zero-order chi connectivity index (χ0) is 38.4. The third-order valence-electron chi connectivity index (χ3n) is 7.97. The van der Waals surface area contributed by atoms with E-state index in [1.54, 1.807) is 0 Å². The Kier molecular flexibility index (Phi) is 19.4. The van der Waals surface area contributed by atoms with Crippen LogP contribution in [0.2, 0.25) is 0 Å². The van der Waals surface area contributed by atoms with Gasteiger partial charge in [-0.15, -0.1) is 0 Å². The molecule has 4 atom stereocenters.